The number of hydrogen-bond donors (Lipinski definition) is 0. The second-order valence-corrected chi connectivity index (χ2v) is 5.87. The van der Waals surface area contributed by atoms with Crippen LogP contribution in [0.3, 0.4) is 0 Å². The van der Waals surface area contributed by atoms with Crippen LogP contribution in [0.25, 0.3) is 0 Å². The first-order valence-corrected chi connectivity index (χ1v) is 6.80. The fraction of sp³-hybridized carbons (Fsp3) is 0.667. The van der Waals surface area contributed by atoms with E-state index in [1.54, 1.807) is 11.3 Å². The van der Waals surface area contributed by atoms with Crippen LogP contribution in [0.1, 0.15) is 31.9 Å². The summed E-state index contributed by atoms with van der Waals surface area (Å²) in [4.78, 5) is 18.7. The number of anilines is 1. The molecule has 1 aromatic heterocycles. The van der Waals surface area contributed by atoms with Gasteiger partial charge in [0.1, 0.15) is 0 Å². The average Bonchev–Trinajstić information content (AvgIpc) is 3.12. The second kappa shape index (κ2) is 3.55. The third-order valence-electron chi connectivity index (χ3n) is 3.39. The van der Waals surface area contributed by atoms with Crippen molar-refractivity contribution in [2.75, 3.05) is 4.90 Å². The quantitative estimate of drug-likeness (QED) is 0.808. The van der Waals surface area contributed by atoms with Crippen molar-refractivity contribution in [3.8, 4) is 0 Å². The molecule has 2 fully saturated rings. The summed E-state index contributed by atoms with van der Waals surface area (Å²) < 4.78 is 0. The Hall–Kier alpha value is -0.900. The smallest absolute Gasteiger partial charge is 0.232 e. The van der Waals surface area contributed by atoms with Crippen molar-refractivity contribution < 1.29 is 4.79 Å². The maximum absolute atomic E-state index is 12.3. The Kier molecular flexibility index (Phi) is 2.28. The number of nitrogens with zero attached hydrogens (tertiary/aromatic N) is 2. The highest BCUT2D eigenvalue weighted by atomic mass is 32.1. The highest BCUT2D eigenvalue weighted by Gasteiger charge is 2.46. The topological polar surface area (TPSA) is 33.2 Å². The monoisotopic (exact) mass is 236 g/mol. The van der Waals surface area contributed by atoms with Crippen molar-refractivity contribution in [3.63, 3.8) is 0 Å². The first-order valence-electron chi connectivity index (χ1n) is 5.92. The van der Waals surface area contributed by atoms with Gasteiger partial charge >= 0.3 is 0 Å². The van der Waals surface area contributed by atoms with Gasteiger partial charge < -0.3 is 0 Å². The maximum atomic E-state index is 12.3. The third kappa shape index (κ3) is 1.75. The van der Waals surface area contributed by atoms with Gasteiger partial charge in [0.25, 0.3) is 0 Å². The van der Waals surface area contributed by atoms with E-state index in [2.05, 4.69) is 11.9 Å². The lowest BCUT2D eigenvalue weighted by atomic mass is 10.3. The molecule has 2 aliphatic carbocycles. The highest BCUT2D eigenvalue weighted by Crippen LogP contribution is 2.43. The zero-order chi connectivity index (χ0) is 11.3. The summed E-state index contributed by atoms with van der Waals surface area (Å²) >= 11 is 1.59. The fourth-order valence-corrected chi connectivity index (χ4v) is 2.94. The van der Waals surface area contributed by atoms with Gasteiger partial charge in [-0.15, -0.1) is 11.3 Å². The number of hydrogen-bond acceptors (Lipinski definition) is 3. The van der Waals surface area contributed by atoms with Crippen LogP contribution < -0.4 is 4.90 Å². The predicted octanol–water partition coefficient (Wildman–Crippen LogP) is 2.60. The van der Waals surface area contributed by atoms with Gasteiger partial charge in [0.05, 0.1) is 5.69 Å². The summed E-state index contributed by atoms with van der Waals surface area (Å²) in [5.74, 6) is 1.16. The number of amides is 1. The molecule has 0 bridgehead atoms. The molecule has 0 radical (unpaired) electrons. The molecule has 1 aromatic rings. The Labute approximate surface area is 99.5 Å². The molecule has 0 saturated heterocycles. The zero-order valence-electron chi connectivity index (χ0n) is 9.64. The van der Waals surface area contributed by atoms with Crippen molar-refractivity contribution in [1.82, 2.24) is 4.98 Å². The summed E-state index contributed by atoms with van der Waals surface area (Å²) in [5, 5.41) is 2.93. The molecule has 0 aliphatic heterocycles. The normalized spacial score (nSPS) is 27.9. The minimum atomic E-state index is 0.268. The Morgan fingerprint density at radius 1 is 1.56 bits per heavy atom. The van der Waals surface area contributed by atoms with Crippen LogP contribution in [-0.4, -0.2) is 16.9 Å². The van der Waals surface area contributed by atoms with Gasteiger partial charge in [0.15, 0.2) is 5.13 Å². The lowest BCUT2D eigenvalue weighted by Crippen LogP contribution is -2.34. The summed E-state index contributed by atoms with van der Waals surface area (Å²) in [6, 6.07) is 0.436. The van der Waals surface area contributed by atoms with Crippen LogP contribution in [0.4, 0.5) is 5.13 Å². The average molecular weight is 236 g/mol. The summed E-state index contributed by atoms with van der Waals surface area (Å²) in [6.45, 7) is 4.13. The van der Waals surface area contributed by atoms with Gasteiger partial charge in [0.2, 0.25) is 5.91 Å². The van der Waals surface area contributed by atoms with Gasteiger partial charge in [0, 0.05) is 17.3 Å². The standard InChI is InChI=1S/C12H16N2OS/c1-7-5-10(7)11(15)14(9-3-4-9)12-13-8(2)6-16-12/h6-7,9-10H,3-5H2,1-2H3. The number of carbonyl (C=O) groups is 1. The third-order valence-corrected chi connectivity index (χ3v) is 4.35. The van der Waals surface area contributed by atoms with Gasteiger partial charge in [-0.2, -0.15) is 0 Å². The van der Waals surface area contributed by atoms with E-state index in [0.29, 0.717) is 17.9 Å². The molecule has 2 saturated carbocycles. The first-order chi connectivity index (χ1) is 7.66. The molecule has 86 valence electrons. The highest BCUT2D eigenvalue weighted by molar-refractivity contribution is 7.14. The molecule has 3 nitrogen and oxygen atoms in total. The van der Waals surface area contributed by atoms with Gasteiger partial charge in [-0.3, -0.25) is 9.69 Å². The number of aryl methyl sites for hydroxylation is 1. The second-order valence-electron chi connectivity index (χ2n) is 5.03. The van der Waals surface area contributed by atoms with Crippen molar-refractivity contribution >= 4 is 22.4 Å². The molecule has 1 amide bonds. The van der Waals surface area contributed by atoms with Crippen molar-refractivity contribution in [3.05, 3.63) is 11.1 Å². The summed E-state index contributed by atoms with van der Waals surface area (Å²) in [7, 11) is 0. The van der Waals surface area contributed by atoms with E-state index in [9.17, 15) is 4.79 Å². The molecule has 2 aliphatic rings. The minimum Gasteiger partial charge on any atom is -0.285 e. The molecule has 4 heteroatoms. The number of carbonyl (C=O) groups excluding carboxylic acids is 1. The molecule has 16 heavy (non-hydrogen) atoms. The van der Waals surface area contributed by atoms with E-state index in [4.69, 9.17) is 0 Å². The van der Waals surface area contributed by atoms with Gasteiger partial charge in [-0.05, 0) is 32.1 Å². The minimum absolute atomic E-state index is 0.268. The van der Waals surface area contributed by atoms with E-state index < -0.39 is 0 Å². The largest absolute Gasteiger partial charge is 0.285 e. The lowest BCUT2D eigenvalue weighted by molar-refractivity contribution is -0.120. The van der Waals surface area contributed by atoms with Crippen LogP contribution in [0.5, 0.6) is 0 Å². The maximum Gasteiger partial charge on any atom is 0.232 e. The van der Waals surface area contributed by atoms with E-state index in [1.807, 2.05) is 17.2 Å². The molecule has 2 unspecified atom stereocenters. The molecular formula is C12H16N2OS. The lowest BCUT2D eigenvalue weighted by Gasteiger charge is -2.19. The number of rotatable bonds is 3. The Balaban J connectivity index is 1.83. The number of aromatic nitrogens is 1. The van der Waals surface area contributed by atoms with Crippen LogP contribution in [-0.2, 0) is 4.79 Å². The Bertz CT molecular complexity index is 424. The molecule has 0 spiro atoms. The Morgan fingerprint density at radius 3 is 2.69 bits per heavy atom. The molecule has 0 aromatic carbocycles. The van der Waals surface area contributed by atoms with E-state index >= 15 is 0 Å². The molecule has 2 atom stereocenters. The molecule has 1 heterocycles. The van der Waals surface area contributed by atoms with E-state index in [-0.39, 0.29) is 5.92 Å². The van der Waals surface area contributed by atoms with Gasteiger partial charge in [-0.1, -0.05) is 6.92 Å². The van der Waals surface area contributed by atoms with Gasteiger partial charge in [-0.25, -0.2) is 4.98 Å². The molecular weight excluding hydrogens is 220 g/mol. The SMILES string of the molecule is Cc1csc(N(C(=O)C2CC2C)C2CC2)n1. The van der Waals surface area contributed by atoms with Crippen molar-refractivity contribution in [1.29, 1.82) is 0 Å². The summed E-state index contributed by atoms with van der Waals surface area (Å²) in [6.07, 6.45) is 3.35. The fourth-order valence-electron chi connectivity index (χ4n) is 2.06. The van der Waals surface area contributed by atoms with E-state index in [0.717, 1.165) is 30.1 Å². The zero-order valence-corrected chi connectivity index (χ0v) is 10.5. The Morgan fingerprint density at radius 2 is 2.25 bits per heavy atom. The summed E-state index contributed by atoms with van der Waals surface area (Å²) in [5.41, 5.74) is 1.02. The number of thiazole rings is 1. The van der Waals surface area contributed by atoms with Crippen LogP contribution in [0.2, 0.25) is 0 Å². The van der Waals surface area contributed by atoms with Crippen LogP contribution in [0.15, 0.2) is 5.38 Å². The first kappa shape index (κ1) is 10.3. The molecule has 0 N–H and O–H groups in total. The van der Waals surface area contributed by atoms with E-state index in [1.165, 1.54) is 0 Å². The predicted molar refractivity (Wildman–Crippen MR) is 64.6 cm³/mol. The van der Waals surface area contributed by atoms with Crippen LogP contribution in [0, 0.1) is 18.8 Å². The van der Waals surface area contributed by atoms with Crippen molar-refractivity contribution in [2.24, 2.45) is 11.8 Å². The molecule has 3 rings (SSSR count). The van der Waals surface area contributed by atoms with Crippen molar-refractivity contribution in [2.45, 2.75) is 39.2 Å². The van der Waals surface area contributed by atoms with Crippen LogP contribution >= 0.6 is 11.3 Å².